The van der Waals surface area contributed by atoms with Crippen molar-refractivity contribution in [3.63, 3.8) is 0 Å². The van der Waals surface area contributed by atoms with Gasteiger partial charge in [-0.2, -0.15) is 4.52 Å². The Hall–Kier alpha value is -5.31. The summed E-state index contributed by atoms with van der Waals surface area (Å²) in [4.78, 5) is 16.8. The average Bonchev–Trinajstić information content (AvgIpc) is 3.38. The molecule has 3 aromatic heterocycles. The number of anilines is 3. The molecule has 1 amide bonds. The van der Waals surface area contributed by atoms with Crippen LogP contribution in [0.5, 0.6) is 5.75 Å². The molecule has 6 aromatic rings. The van der Waals surface area contributed by atoms with E-state index in [-0.39, 0.29) is 5.91 Å². The number of aromatic nitrogens is 5. The monoisotopic (exact) mass is 487 g/mol. The highest BCUT2D eigenvalue weighted by Crippen LogP contribution is 2.30. The zero-order valence-electron chi connectivity index (χ0n) is 19.8. The first-order chi connectivity index (χ1) is 18.2. The fourth-order valence-electron chi connectivity index (χ4n) is 4.11. The Morgan fingerprint density at radius 3 is 2.46 bits per heavy atom. The van der Waals surface area contributed by atoms with Crippen LogP contribution in [-0.2, 0) is 0 Å². The van der Waals surface area contributed by atoms with Crippen LogP contribution in [-0.4, -0.2) is 37.8 Å². The number of amides is 1. The van der Waals surface area contributed by atoms with Gasteiger partial charge in [0.05, 0.1) is 19.0 Å². The first kappa shape index (κ1) is 22.2. The molecule has 3 aromatic carbocycles. The van der Waals surface area contributed by atoms with Gasteiger partial charge in [0, 0.05) is 33.8 Å². The number of carbonyl (C=O) groups excluding carboxylic acids is 1. The Morgan fingerprint density at radius 1 is 0.865 bits per heavy atom. The van der Waals surface area contributed by atoms with Gasteiger partial charge in [-0.05, 0) is 54.6 Å². The number of ether oxygens (including phenoxy) is 1. The van der Waals surface area contributed by atoms with Crippen molar-refractivity contribution < 1.29 is 9.53 Å². The summed E-state index contributed by atoms with van der Waals surface area (Å²) < 4.78 is 7.00. The molecule has 0 spiro atoms. The Balaban J connectivity index is 1.39. The number of benzene rings is 3. The number of carbonyl (C=O) groups is 1. The third-order valence-electron chi connectivity index (χ3n) is 5.92. The molecule has 0 saturated heterocycles. The van der Waals surface area contributed by atoms with Gasteiger partial charge in [-0.15, -0.1) is 15.3 Å². The first-order valence-electron chi connectivity index (χ1n) is 11.6. The molecule has 0 fully saturated rings. The normalized spacial score (nSPS) is 10.9. The van der Waals surface area contributed by atoms with Crippen molar-refractivity contribution in [2.24, 2.45) is 0 Å². The number of nitrogens with one attached hydrogen (secondary N) is 2. The lowest BCUT2D eigenvalue weighted by Gasteiger charge is -2.12. The summed E-state index contributed by atoms with van der Waals surface area (Å²) in [5.74, 6) is 1.75. The van der Waals surface area contributed by atoms with E-state index in [2.05, 4.69) is 25.8 Å². The fourth-order valence-corrected chi connectivity index (χ4v) is 4.11. The van der Waals surface area contributed by atoms with Gasteiger partial charge >= 0.3 is 0 Å². The second-order valence-corrected chi connectivity index (χ2v) is 8.28. The number of methoxy groups -OCH3 is 1. The van der Waals surface area contributed by atoms with Crippen molar-refractivity contribution in [3.8, 4) is 17.1 Å². The van der Waals surface area contributed by atoms with Gasteiger partial charge in [-0.25, -0.2) is 0 Å². The van der Waals surface area contributed by atoms with Crippen LogP contribution in [0.15, 0.2) is 97.3 Å². The zero-order valence-corrected chi connectivity index (χ0v) is 19.8. The summed E-state index contributed by atoms with van der Waals surface area (Å²) in [5, 5.41) is 21.7. The maximum absolute atomic E-state index is 12.8. The smallest absolute Gasteiger partial charge is 0.255 e. The van der Waals surface area contributed by atoms with Crippen LogP contribution in [0.3, 0.4) is 0 Å². The summed E-state index contributed by atoms with van der Waals surface area (Å²) in [7, 11) is 1.63. The SMILES string of the molecule is COc1ccc(-c2nnc3c4ccccc4c(Nc4cccc(C(=O)Nc5cccnc5)c4)nn23)cc1. The highest BCUT2D eigenvalue weighted by Gasteiger charge is 2.16. The lowest BCUT2D eigenvalue weighted by atomic mass is 10.1. The summed E-state index contributed by atoms with van der Waals surface area (Å²) in [6, 6.07) is 26.3. The van der Waals surface area contributed by atoms with E-state index in [9.17, 15) is 4.79 Å². The van der Waals surface area contributed by atoms with E-state index in [4.69, 9.17) is 9.84 Å². The number of hydrogen-bond donors (Lipinski definition) is 2. The van der Waals surface area contributed by atoms with Crippen LogP contribution in [0.4, 0.5) is 17.2 Å². The van der Waals surface area contributed by atoms with Gasteiger partial charge < -0.3 is 15.4 Å². The lowest BCUT2D eigenvalue weighted by Crippen LogP contribution is -2.12. The van der Waals surface area contributed by atoms with Gasteiger partial charge in [0.25, 0.3) is 5.91 Å². The standard InChI is InChI=1S/C28H21N7O2/c1-37-22-13-11-18(12-14-22)26-32-33-27-24-10-3-2-9-23(24)25(34-35(26)27)30-20-7-4-6-19(16-20)28(36)31-21-8-5-15-29-17-21/h2-17H,1H3,(H,30,34)(H,31,36). The Bertz CT molecular complexity index is 1730. The molecule has 180 valence electrons. The largest absolute Gasteiger partial charge is 0.497 e. The highest BCUT2D eigenvalue weighted by atomic mass is 16.5. The predicted octanol–water partition coefficient (Wildman–Crippen LogP) is 5.34. The maximum atomic E-state index is 12.8. The molecule has 37 heavy (non-hydrogen) atoms. The van der Waals surface area contributed by atoms with Crippen LogP contribution in [0.1, 0.15) is 10.4 Å². The number of pyridine rings is 1. The Morgan fingerprint density at radius 2 is 1.68 bits per heavy atom. The molecular formula is C28H21N7O2. The van der Waals surface area contributed by atoms with Crippen molar-refractivity contribution in [3.05, 3.63) is 103 Å². The molecule has 9 heteroatoms. The Kier molecular flexibility index (Phi) is 5.62. The topological polar surface area (TPSA) is 106 Å². The van der Waals surface area contributed by atoms with Gasteiger partial charge in [0.15, 0.2) is 17.3 Å². The number of fused-ring (bicyclic) bond motifs is 3. The third-order valence-corrected chi connectivity index (χ3v) is 5.92. The third kappa shape index (κ3) is 4.30. The van der Waals surface area contributed by atoms with Crippen molar-refractivity contribution in [2.45, 2.75) is 0 Å². The van der Waals surface area contributed by atoms with E-state index in [0.717, 1.165) is 27.8 Å². The molecule has 0 aliphatic rings. The van der Waals surface area contributed by atoms with Crippen LogP contribution < -0.4 is 15.4 Å². The molecule has 0 unspecified atom stereocenters. The molecule has 0 bridgehead atoms. The Labute approximate surface area is 211 Å². The van der Waals surface area contributed by atoms with E-state index >= 15 is 0 Å². The van der Waals surface area contributed by atoms with Gasteiger partial charge in [-0.1, -0.05) is 30.3 Å². The predicted molar refractivity (Wildman–Crippen MR) is 142 cm³/mol. The van der Waals surface area contributed by atoms with Crippen LogP contribution in [0, 0.1) is 0 Å². The van der Waals surface area contributed by atoms with E-state index in [1.165, 1.54) is 0 Å². The van der Waals surface area contributed by atoms with E-state index in [1.807, 2.05) is 60.7 Å². The van der Waals surface area contributed by atoms with Crippen molar-refractivity contribution >= 4 is 39.5 Å². The van der Waals surface area contributed by atoms with Crippen LogP contribution >= 0.6 is 0 Å². The average molecular weight is 488 g/mol. The molecule has 0 atom stereocenters. The number of hydrogen-bond acceptors (Lipinski definition) is 7. The minimum Gasteiger partial charge on any atom is -0.497 e. The van der Waals surface area contributed by atoms with Crippen LogP contribution in [0.25, 0.3) is 27.8 Å². The van der Waals surface area contributed by atoms with Gasteiger partial charge in [0.2, 0.25) is 0 Å². The zero-order chi connectivity index (χ0) is 25.2. The summed E-state index contributed by atoms with van der Waals surface area (Å²) in [6.45, 7) is 0. The van der Waals surface area contributed by atoms with Gasteiger partial charge in [0.1, 0.15) is 5.75 Å². The summed E-state index contributed by atoms with van der Waals surface area (Å²) >= 11 is 0. The minimum absolute atomic E-state index is 0.231. The molecule has 2 N–H and O–H groups in total. The molecule has 0 aliphatic carbocycles. The van der Waals surface area contributed by atoms with Crippen molar-refractivity contribution in [1.29, 1.82) is 0 Å². The molecule has 3 heterocycles. The summed E-state index contributed by atoms with van der Waals surface area (Å²) in [6.07, 6.45) is 3.26. The van der Waals surface area contributed by atoms with E-state index < -0.39 is 0 Å². The molecular weight excluding hydrogens is 466 g/mol. The molecule has 0 saturated carbocycles. The first-order valence-corrected chi connectivity index (χ1v) is 11.6. The van der Waals surface area contributed by atoms with E-state index in [1.54, 1.807) is 48.3 Å². The van der Waals surface area contributed by atoms with Gasteiger partial charge in [-0.3, -0.25) is 9.78 Å². The lowest BCUT2D eigenvalue weighted by molar-refractivity contribution is 0.102. The van der Waals surface area contributed by atoms with Crippen molar-refractivity contribution in [2.75, 3.05) is 17.7 Å². The van der Waals surface area contributed by atoms with Crippen molar-refractivity contribution in [1.82, 2.24) is 24.8 Å². The second-order valence-electron chi connectivity index (χ2n) is 8.28. The highest BCUT2D eigenvalue weighted by molar-refractivity contribution is 6.05. The quantitative estimate of drug-likeness (QED) is 0.326. The minimum atomic E-state index is -0.231. The molecule has 0 radical (unpaired) electrons. The number of rotatable bonds is 6. The molecule has 6 rings (SSSR count). The van der Waals surface area contributed by atoms with Crippen LogP contribution in [0.2, 0.25) is 0 Å². The van der Waals surface area contributed by atoms with E-state index in [0.29, 0.717) is 28.5 Å². The second kappa shape index (κ2) is 9.38. The number of nitrogens with zero attached hydrogens (tertiary/aromatic N) is 5. The fraction of sp³-hybridized carbons (Fsp3) is 0.0357. The molecule has 0 aliphatic heterocycles. The summed E-state index contributed by atoms with van der Waals surface area (Å²) in [5.41, 5.74) is 3.35. The maximum Gasteiger partial charge on any atom is 0.255 e. The molecule has 9 nitrogen and oxygen atoms in total.